The third kappa shape index (κ3) is 0.991. The first-order chi connectivity index (χ1) is 3.43. The van der Waals surface area contributed by atoms with Gasteiger partial charge in [0.25, 0.3) is 0 Å². The summed E-state index contributed by atoms with van der Waals surface area (Å²) in [7, 11) is 0. The lowest BCUT2D eigenvalue weighted by Gasteiger charge is -1.75. The van der Waals surface area contributed by atoms with E-state index < -0.39 is 0 Å². The molecular weight excluding hydrogens is 158 g/mol. The van der Waals surface area contributed by atoms with Crippen LogP contribution in [0.25, 0.3) is 0 Å². The van der Waals surface area contributed by atoms with Crippen molar-refractivity contribution in [2.75, 3.05) is 0 Å². The predicted molar refractivity (Wildman–Crippen MR) is 29.0 cm³/mol. The van der Waals surface area contributed by atoms with E-state index in [1.54, 1.807) is 0 Å². The maximum atomic E-state index is 3.82. The summed E-state index contributed by atoms with van der Waals surface area (Å²) < 4.78 is 0. The molecule has 0 saturated heterocycles. The topological polar surface area (TPSA) is 41.6 Å². The van der Waals surface area contributed by atoms with Crippen LogP contribution in [0.15, 0.2) is 6.33 Å². The number of hydrogen-bond donors (Lipinski definition) is 1. The molecule has 1 N–H and O–H groups in total. The van der Waals surface area contributed by atoms with Crippen molar-refractivity contribution in [2.45, 2.75) is 5.33 Å². The number of hydrogen-bond acceptors (Lipinski definition) is 2. The number of nitrogens with zero attached hydrogens (tertiary/aromatic N) is 2. The molecule has 0 amide bonds. The van der Waals surface area contributed by atoms with Crippen LogP contribution in [0.2, 0.25) is 0 Å². The Morgan fingerprint density at radius 1 is 1.86 bits per heavy atom. The summed E-state index contributed by atoms with van der Waals surface area (Å²) in [5.41, 5.74) is 0. The SMILES string of the molecule is BrCc1ncn[nH]1. The van der Waals surface area contributed by atoms with Gasteiger partial charge in [-0.05, 0) is 0 Å². The fourth-order valence-corrected chi connectivity index (χ4v) is 0.565. The van der Waals surface area contributed by atoms with Crippen LogP contribution in [0.1, 0.15) is 5.82 Å². The van der Waals surface area contributed by atoms with Crippen molar-refractivity contribution in [1.82, 2.24) is 15.2 Å². The summed E-state index contributed by atoms with van der Waals surface area (Å²) >= 11 is 3.20. The highest BCUT2D eigenvalue weighted by Crippen LogP contribution is 1.92. The molecular formula is C3H4BrN3. The Balaban J connectivity index is 2.76. The summed E-state index contributed by atoms with van der Waals surface area (Å²) in [6.07, 6.45) is 1.48. The molecule has 0 radical (unpaired) electrons. The lowest BCUT2D eigenvalue weighted by molar-refractivity contribution is 1.03. The standard InChI is InChI=1S/C3H4BrN3/c4-1-3-5-2-6-7-3/h2H,1H2,(H,5,6,7). The summed E-state index contributed by atoms with van der Waals surface area (Å²) in [6.45, 7) is 0. The zero-order valence-corrected chi connectivity index (χ0v) is 5.14. The van der Waals surface area contributed by atoms with Gasteiger partial charge >= 0.3 is 0 Å². The number of rotatable bonds is 1. The Hall–Kier alpha value is -0.380. The molecule has 0 aliphatic heterocycles. The highest BCUT2D eigenvalue weighted by Gasteiger charge is 1.85. The van der Waals surface area contributed by atoms with Gasteiger partial charge in [-0.15, -0.1) is 0 Å². The van der Waals surface area contributed by atoms with Crippen molar-refractivity contribution < 1.29 is 0 Å². The minimum absolute atomic E-state index is 0.743. The van der Waals surface area contributed by atoms with Crippen LogP contribution in [0.3, 0.4) is 0 Å². The second-order valence-electron chi connectivity index (χ2n) is 1.07. The van der Waals surface area contributed by atoms with Crippen molar-refractivity contribution in [1.29, 1.82) is 0 Å². The summed E-state index contributed by atoms with van der Waals surface area (Å²) in [5.74, 6) is 0.861. The molecule has 0 aliphatic rings. The molecule has 1 heterocycles. The van der Waals surface area contributed by atoms with Crippen LogP contribution in [-0.4, -0.2) is 15.2 Å². The van der Waals surface area contributed by atoms with Gasteiger partial charge in [-0.2, -0.15) is 5.10 Å². The molecule has 1 aromatic heterocycles. The molecule has 1 rings (SSSR count). The van der Waals surface area contributed by atoms with Gasteiger partial charge in [-0.1, -0.05) is 15.9 Å². The van der Waals surface area contributed by atoms with Gasteiger partial charge in [-0.25, -0.2) is 4.98 Å². The number of H-pyrrole nitrogens is 1. The smallest absolute Gasteiger partial charge is 0.137 e. The Kier molecular flexibility index (Phi) is 1.41. The fraction of sp³-hybridized carbons (Fsp3) is 0.333. The fourth-order valence-electron chi connectivity index (χ4n) is 0.295. The normalized spacial score (nSPS) is 9.29. The first kappa shape index (κ1) is 4.77. The van der Waals surface area contributed by atoms with Crippen LogP contribution < -0.4 is 0 Å². The number of nitrogens with one attached hydrogen (secondary N) is 1. The maximum absolute atomic E-state index is 3.82. The van der Waals surface area contributed by atoms with Gasteiger partial charge in [0.2, 0.25) is 0 Å². The van der Waals surface area contributed by atoms with Crippen molar-refractivity contribution >= 4 is 15.9 Å². The van der Waals surface area contributed by atoms with E-state index in [4.69, 9.17) is 0 Å². The van der Waals surface area contributed by atoms with Crippen LogP contribution in [0, 0.1) is 0 Å². The van der Waals surface area contributed by atoms with Crippen LogP contribution in [0.4, 0.5) is 0 Å². The quantitative estimate of drug-likeness (QED) is 0.617. The average Bonchev–Trinajstić information content (AvgIpc) is 2.14. The Bertz CT molecular complexity index is 125. The zero-order chi connectivity index (χ0) is 5.11. The van der Waals surface area contributed by atoms with Crippen molar-refractivity contribution in [2.24, 2.45) is 0 Å². The molecule has 1 aromatic rings. The predicted octanol–water partition coefficient (Wildman–Crippen LogP) is 0.700. The first-order valence-electron chi connectivity index (χ1n) is 1.83. The number of alkyl halides is 1. The third-order valence-corrected chi connectivity index (χ3v) is 1.12. The molecule has 0 unspecified atom stereocenters. The van der Waals surface area contributed by atoms with E-state index in [2.05, 4.69) is 31.1 Å². The second kappa shape index (κ2) is 2.07. The van der Waals surface area contributed by atoms with Gasteiger partial charge < -0.3 is 0 Å². The molecule has 7 heavy (non-hydrogen) atoms. The van der Waals surface area contributed by atoms with Crippen LogP contribution in [-0.2, 0) is 5.33 Å². The average molecular weight is 162 g/mol. The summed E-state index contributed by atoms with van der Waals surface area (Å²) in [5, 5.41) is 7.05. The van der Waals surface area contributed by atoms with E-state index in [-0.39, 0.29) is 0 Å². The molecule has 3 nitrogen and oxygen atoms in total. The first-order valence-corrected chi connectivity index (χ1v) is 2.96. The van der Waals surface area contributed by atoms with Gasteiger partial charge in [0.15, 0.2) is 0 Å². The third-order valence-electron chi connectivity index (χ3n) is 0.591. The maximum Gasteiger partial charge on any atom is 0.137 e. The summed E-state index contributed by atoms with van der Waals surface area (Å²) in [6, 6.07) is 0. The Morgan fingerprint density at radius 3 is 3.00 bits per heavy atom. The van der Waals surface area contributed by atoms with Crippen LogP contribution >= 0.6 is 15.9 Å². The molecule has 0 bridgehead atoms. The zero-order valence-electron chi connectivity index (χ0n) is 3.56. The Morgan fingerprint density at radius 2 is 2.71 bits per heavy atom. The Labute approximate surface area is 49.3 Å². The highest BCUT2D eigenvalue weighted by atomic mass is 79.9. The molecule has 0 fully saturated rings. The van der Waals surface area contributed by atoms with Crippen molar-refractivity contribution in [3.63, 3.8) is 0 Å². The lowest BCUT2D eigenvalue weighted by Crippen LogP contribution is -1.76. The largest absolute Gasteiger partial charge is 0.263 e. The number of aromatic nitrogens is 3. The van der Waals surface area contributed by atoms with Crippen molar-refractivity contribution in [3.8, 4) is 0 Å². The van der Waals surface area contributed by atoms with Gasteiger partial charge in [0.05, 0.1) is 5.33 Å². The van der Waals surface area contributed by atoms with E-state index in [9.17, 15) is 0 Å². The molecule has 0 aliphatic carbocycles. The van der Waals surface area contributed by atoms with Gasteiger partial charge in [0, 0.05) is 0 Å². The van der Waals surface area contributed by atoms with Gasteiger partial charge in [-0.3, -0.25) is 5.10 Å². The molecule has 38 valence electrons. The number of aromatic amines is 1. The number of halogens is 1. The van der Waals surface area contributed by atoms with E-state index in [0.717, 1.165) is 11.2 Å². The molecule has 0 saturated carbocycles. The van der Waals surface area contributed by atoms with E-state index in [0.29, 0.717) is 0 Å². The van der Waals surface area contributed by atoms with E-state index >= 15 is 0 Å². The van der Waals surface area contributed by atoms with E-state index in [1.807, 2.05) is 0 Å². The van der Waals surface area contributed by atoms with Crippen LogP contribution in [0.5, 0.6) is 0 Å². The molecule has 0 aromatic carbocycles. The lowest BCUT2D eigenvalue weighted by atomic mass is 10.8. The van der Waals surface area contributed by atoms with Crippen molar-refractivity contribution in [3.05, 3.63) is 12.2 Å². The second-order valence-corrected chi connectivity index (χ2v) is 1.63. The van der Waals surface area contributed by atoms with E-state index in [1.165, 1.54) is 6.33 Å². The minimum Gasteiger partial charge on any atom is -0.263 e. The molecule has 0 spiro atoms. The molecule has 0 atom stereocenters. The summed E-state index contributed by atoms with van der Waals surface area (Å²) in [4.78, 5) is 3.82. The highest BCUT2D eigenvalue weighted by molar-refractivity contribution is 9.08. The minimum atomic E-state index is 0.743. The molecule has 4 heteroatoms. The van der Waals surface area contributed by atoms with Gasteiger partial charge in [0.1, 0.15) is 12.2 Å². The monoisotopic (exact) mass is 161 g/mol.